The topological polar surface area (TPSA) is 69.6 Å². The lowest BCUT2D eigenvalue weighted by Gasteiger charge is -2.23. The van der Waals surface area contributed by atoms with Crippen LogP contribution in [0.3, 0.4) is 0 Å². The van der Waals surface area contributed by atoms with Gasteiger partial charge in [-0.2, -0.15) is 0 Å². The molecule has 106 valence electrons. The van der Waals surface area contributed by atoms with Crippen molar-refractivity contribution < 1.29 is 14.7 Å². The Morgan fingerprint density at radius 1 is 1.35 bits per heavy atom. The second-order valence-corrected chi connectivity index (χ2v) is 5.44. The van der Waals surface area contributed by atoms with E-state index in [1.807, 2.05) is 18.2 Å². The van der Waals surface area contributed by atoms with Crippen LogP contribution < -0.4 is 5.32 Å². The monoisotopic (exact) mass is 274 g/mol. The number of hydrogen-bond donors (Lipinski definition) is 2. The van der Waals surface area contributed by atoms with Crippen LogP contribution in [0.25, 0.3) is 0 Å². The number of nitrogens with one attached hydrogen (secondary N) is 1. The standard InChI is InChI=1S/C15H18N2O3/c18-14(17-8-6-10(9-17)15(19)20)12-3-1-5-13-11(12)4-2-7-16-13/h1,3,5,10,16H,2,4,6-9H2,(H,19,20). The molecule has 0 radical (unpaired) electrons. The minimum atomic E-state index is -0.808. The van der Waals surface area contributed by atoms with Crippen molar-refractivity contribution >= 4 is 17.6 Å². The fourth-order valence-corrected chi connectivity index (χ4v) is 3.03. The molecule has 1 aromatic rings. The molecule has 0 saturated carbocycles. The molecule has 0 bridgehead atoms. The van der Waals surface area contributed by atoms with Crippen LogP contribution in [0.5, 0.6) is 0 Å². The van der Waals surface area contributed by atoms with Crippen molar-refractivity contribution in [3.8, 4) is 0 Å². The highest BCUT2D eigenvalue weighted by Crippen LogP contribution is 2.27. The van der Waals surface area contributed by atoms with Crippen molar-refractivity contribution in [2.45, 2.75) is 19.3 Å². The Balaban J connectivity index is 1.83. The van der Waals surface area contributed by atoms with Crippen molar-refractivity contribution in [1.29, 1.82) is 0 Å². The van der Waals surface area contributed by atoms with Gasteiger partial charge in [-0.15, -0.1) is 0 Å². The predicted molar refractivity (Wildman–Crippen MR) is 74.9 cm³/mol. The number of fused-ring (bicyclic) bond motifs is 1. The molecular formula is C15H18N2O3. The van der Waals surface area contributed by atoms with E-state index >= 15 is 0 Å². The summed E-state index contributed by atoms with van der Waals surface area (Å²) in [6, 6.07) is 5.73. The molecule has 3 rings (SSSR count). The molecule has 2 aliphatic heterocycles. The van der Waals surface area contributed by atoms with E-state index in [0.29, 0.717) is 19.5 Å². The van der Waals surface area contributed by atoms with Gasteiger partial charge in [0.25, 0.3) is 5.91 Å². The highest BCUT2D eigenvalue weighted by molar-refractivity contribution is 5.97. The van der Waals surface area contributed by atoms with Crippen LogP contribution in [0.2, 0.25) is 0 Å². The molecule has 0 spiro atoms. The Kier molecular flexibility index (Phi) is 3.34. The van der Waals surface area contributed by atoms with Crippen molar-refractivity contribution in [1.82, 2.24) is 4.90 Å². The summed E-state index contributed by atoms with van der Waals surface area (Å²) in [5.41, 5.74) is 2.83. The average Bonchev–Trinajstić information content (AvgIpc) is 2.96. The van der Waals surface area contributed by atoms with Gasteiger partial charge in [0.15, 0.2) is 0 Å². The number of rotatable bonds is 2. The Labute approximate surface area is 117 Å². The average molecular weight is 274 g/mol. The first-order chi connectivity index (χ1) is 9.66. The number of benzene rings is 1. The van der Waals surface area contributed by atoms with E-state index in [0.717, 1.165) is 36.2 Å². The predicted octanol–water partition coefficient (Wildman–Crippen LogP) is 1.59. The zero-order valence-corrected chi connectivity index (χ0v) is 11.3. The Morgan fingerprint density at radius 3 is 2.95 bits per heavy atom. The van der Waals surface area contributed by atoms with Crippen molar-refractivity contribution in [3.63, 3.8) is 0 Å². The number of carbonyl (C=O) groups excluding carboxylic acids is 1. The number of aliphatic carboxylic acids is 1. The first-order valence-electron chi connectivity index (χ1n) is 7.04. The summed E-state index contributed by atoms with van der Waals surface area (Å²) in [6.07, 6.45) is 2.48. The zero-order chi connectivity index (χ0) is 14.1. The van der Waals surface area contributed by atoms with Gasteiger partial charge in [0, 0.05) is 30.9 Å². The lowest BCUT2D eigenvalue weighted by Crippen LogP contribution is -2.31. The van der Waals surface area contributed by atoms with Crippen LogP contribution in [0.15, 0.2) is 18.2 Å². The summed E-state index contributed by atoms with van der Waals surface area (Å²) in [5.74, 6) is -1.26. The second kappa shape index (κ2) is 5.15. The van der Waals surface area contributed by atoms with Crippen LogP contribution in [0.1, 0.15) is 28.8 Å². The summed E-state index contributed by atoms with van der Waals surface area (Å²) in [6.45, 7) is 1.80. The number of hydrogen-bond acceptors (Lipinski definition) is 3. The maximum absolute atomic E-state index is 12.6. The lowest BCUT2D eigenvalue weighted by atomic mass is 9.97. The summed E-state index contributed by atoms with van der Waals surface area (Å²) < 4.78 is 0. The minimum Gasteiger partial charge on any atom is -0.481 e. The largest absolute Gasteiger partial charge is 0.481 e. The van der Waals surface area contributed by atoms with E-state index in [9.17, 15) is 9.59 Å². The number of nitrogens with zero attached hydrogens (tertiary/aromatic N) is 1. The molecule has 2 N–H and O–H groups in total. The van der Waals surface area contributed by atoms with Gasteiger partial charge in [0.1, 0.15) is 0 Å². The number of amides is 1. The number of likely N-dealkylation sites (tertiary alicyclic amines) is 1. The molecule has 1 fully saturated rings. The minimum absolute atomic E-state index is 0.0331. The number of anilines is 1. The third-order valence-electron chi connectivity index (χ3n) is 4.15. The second-order valence-electron chi connectivity index (χ2n) is 5.44. The quantitative estimate of drug-likeness (QED) is 0.859. The van der Waals surface area contributed by atoms with Gasteiger partial charge in [0.05, 0.1) is 5.92 Å². The maximum atomic E-state index is 12.6. The van der Waals surface area contributed by atoms with Crippen LogP contribution in [-0.2, 0) is 11.2 Å². The fraction of sp³-hybridized carbons (Fsp3) is 0.467. The molecule has 1 aromatic carbocycles. The van der Waals surface area contributed by atoms with E-state index in [4.69, 9.17) is 5.11 Å². The summed E-state index contributed by atoms with van der Waals surface area (Å²) in [4.78, 5) is 25.3. The van der Waals surface area contributed by atoms with Gasteiger partial charge in [0.2, 0.25) is 0 Å². The van der Waals surface area contributed by atoms with Crippen LogP contribution >= 0.6 is 0 Å². The maximum Gasteiger partial charge on any atom is 0.308 e. The van der Waals surface area contributed by atoms with E-state index in [2.05, 4.69) is 5.32 Å². The van der Waals surface area contributed by atoms with Crippen LogP contribution in [-0.4, -0.2) is 41.5 Å². The molecule has 1 unspecified atom stereocenters. The SMILES string of the molecule is O=C(O)C1CCN(C(=O)c2cccc3c2CCCN3)C1. The molecule has 2 aliphatic rings. The summed E-state index contributed by atoms with van der Waals surface area (Å²) in [7, 11) is 0. The lowest BCUT2D eigenvalue weighted by molar-refractivity contribution is -0.141. The number of carboxylic acid groups (broad SMARTS) is 1. The third-order valence-corrected chi connectivity index (χ3v) is 4.15. The van der Waals surface area contributed by atoms with Crippen LogP contribution in [0, 0.1) is 5.92 Å². The van der Waals surface area contributed by atoms with Gasteiger partial charge in [-0.25, -0.2) is 0 Å². The molecule has 0 aliphatic carbocycles. The number of carbonyl (C=O) groups is 2. The molecule has 1 atom stereocenters. The van der Waals surface area contributed by atoms with E-state index in [1.54, 1.807) is 4.90 Å². The molecule has 1 saturated heterocycles. The molecule has 2 heterocycles. The zero-order valence-electron chi connectivity index (χ0n) is 11.3. The van der Waals surface area contributed by atoms with E-state index in [-0.39, 0.29) is 5.91 Å². The third kappa shape index (κ3) is 2.24. The molecular weight excluding hydrogens is 256 g/mol. The fourth-order valence-electron chi connectivity index (χ4n) is 3.03. The van der Waals surface area contributed by atoms with Gasteiger partial charge in [-0.1, -0.05) is 6.07 Å². The normalized spacial score (nSPS) is 21.2. The summed E-state index contributed by atoms with van der Waals surface area (Å²) in [5, 5.41) is 12.3. The molecule has 0 aromatic heterocycles. The highest BCUT2D eigenvalue weighted by atomic mass is 16.4. The Morgan fingerprint density at radius 2 is 2.20 bits per heavy atom. The Bertz CT molecular complexity index is 556. The van der Waals surface area contributed by atoms with E-state index in [1.165, 1.54) is 0 Å². The summed E-state index contributed by atoms with van der Waals surface area (Å²) >= 11 is 0. The van der Waals surface area contributed by atoms with Gasteiger partial charge >= 0.3 is 5.97 Å². The first kappa shape index (κ1) is 13.0. The Hall–Kier alpha value is -2.04. The molecule has 1 amide bonds. The number of carboxylic acids is 1. The van der Waals surface area contributed by atoms with Crippen molar-refractivity contribution in [3.05, 3.63) is 29.3 Å². The first-order valence-corrected chi connectivity index (χ1v) is 7.04. The molecule has 5 heteroatoms. The van der Waals surface area contributed by atoms with Crippen molar-refractivity contribution in [2.75, 3.05) is 25.0 Å². The van der Waals surface area contributed by atoms with Gasteiger partial charge < -0.3 is 15.3 Å². The molecule has 5 nitrogen and oxygen atoms in total. The van der Waals surface area contributed by atoms with Gasteiger partial charge in [-0.05, 0) is 37.0 Å². The molecule has 20 heavy (non-hydrogen) atoms. The van der Waals surface area contributed by atoms with Crippen LogP contribution in [0.4, 0.5) is 5.69 Å². The highest BCUT2D eigenvalue weighted by Gasteiger charge is 2.32. The van der Waals surface area contributed by atoms with Gasteiger partial charge in [-0.3, -0.25) is 9.59 Å². The van der Waals surface area contributed by atoms with E-state index < -0.39 is 11.9 Å². The van der Waals surface area contributed by atoms with Crippen molar-refractivity contribution in [2.24, 2.45) is 5.92 Å². The smallest absolute Gasteiger partial charge is 0.308 e.